The van der Waals surface area contributed by atoms with E-state index in [2.05, 4.69) is 0 Å². The molecule has 0 fully saturated rings. The van der Waals surface area contributed by atoms with Crippen molar-refractivity contribution in [3.8, 4) is 11.5 Å². The van der Waals surface area contributed by atoms with E-state index in [0.29, 0.717) is 6.61 Å². The number of allylic oxidation sites excluding steroid dienone is 1. The van der Waals surface area contributed by atoms with Gasteiger partial charge in [-0.3, -0.25) is 9.59 Å². The van der Waals surface area contributed by atoms with E-state index in [-0.39, 0.29) is 16.9 Å². The molecule has 0 radical (unpaired) electrons. The van der Waals surface area contributed by atoms with Gasteiger partial charge in [0.25, 0.3) is 5.56 Å². The van der Waals surface area contributed by atoms with Crippen LogP contribution in [-0.4, -0.2) is 24.1 Å². The van der Waals surface area contributed by atoms with Crippen molar-refractivity contribution < 1.29 is 14.3 Å². The van der Waals surface area contributed by atoms with Crippen molar-refractivity contribution in [2.45, 2.75) is 13.8 Å². The fourth-order valence-corrected chi connectivity index (χ4v) is 2.31. The molecule has 2 aromatic rings. The summed E-state index contributed by atoms with van der Waals surface area (Å²) in [6.45, 7) is 4.27. The molecule has 126 valence electrons. The number of methoxy groups -OCH3 is 1. The molecule has 0 saturated heterocycles. The molecule has 5 nitrogen and oxygen atoms in total. The van der Waals surface area contributed by atoms with Crippen LogP contribution in [0.1, 0.15) is 28.5 Å². The first-order valence-electron chi connectivity index (χ1n) is 7.67. The Bertz CT molecular complexity index is 834. The number of hydrogen-bond donors (Lipinski definition) is 0. The van der Waals surface area contributed by atoms with Crippen molar-refractivity contribution in [2.24, 2.45) is 7.05 Å². The Kier molecular flexibility index (Phi) is 5.58. The normalized spacial score (nSPS) is 10.8. The van der Waals surface area contributed by atoms with Gasteiger partial charge in [-0.2, -0.15) is 0 Å². The second-order valence-electron chi connectivity index (χ2n) is 5.30. The Labute approximate surface area is 141 Å². The number of benzene rings is 1. The highest BCUT2D eigenvalue weighted by atomic mass is 16.5. The summed E-state index contributed by atoms with van der Waals surface area (Å²) in [4.78, 5) is 24.9. The minimum absolute atomic E-state index is 0.0304. The Hall–Kier alpha value is -2.82. The molecule has 1 aromatic carbocycles. The van der Waals surface area contributed by atoms with E-state index in [1.165, 1.54) is 17.8 Å². The molecular weight excluding hydrogens is 306 g/mol. The molecule has 0 bridgehead atoms. The number of ether oxygens (including phenoxy) is 2. The molecule has 0 aliphatic rings. The van der Waals surface area contributed by atoms with E-state index in [4.69, 9.17) is 9.47 Å². The van der Waals surface area contributed by atoms with E-state index in [1.54, 1.807) is 26.1 Å². The lowest BCUT2D eigenvalue weighted by Gasteiger charge is -2.10. The van der Waals surface area contributed by atoms with Gasteiger partial charge in [0, 0.05) is 18.8 Å². The van der Waals surface area contributed by atoms with Crippen LogP contribution in [0.3, 0.4) is 0 Å². The van der Waals surface area contributed by atoms with Crippen LogP contribution < -0.4 is 15.0 Å². The van der Waals surface area contributed by atoms with E-state index in [0.717, 1.165) is 17.0 Å². The highest BCUT2D eigenvalue weighted by molar-refractivity contribution is 6.08. The Morgan fingerprint density at radius 1 is 1.29 bits per heavy atom. The molecule has 2 rings (SSSR count). The molecule has 1 aromatic heterocycles. The Morgan fingerprint density at radius 2 is 2.04 bits per heavy atom. The van der Waals surface area contributed by atoms with Gasteiger partial charge in [-0.05, 0) is 37.6 Å². The molecule has 0 aliphatic heterocycles. The van der Waals surface area contributed by atoms with Gasteiger partial charge in [-0.25, -0.2) is 0 Å². The number of aryl methyl sites for hydroxylation is 1. The second-order valence-corrected chi connectivity index (χ2v) is 5.30. The summed E-state index contributed by atoms with van der Waals surface area (Å²) in [7, 11) is 3.07. The maximum atomic E-state index is 12.5. The summed E-state index contributed by atoms with van der Waals surface area (Å²) in [5.74, 6) is 0.624. The molecule has 0 unspecified atom stereocenters. The number of carbonyl (C=O) groups excluding carboxylic acids is 1. The van der Waals surface area contributed by atoms with Crippen molar-refractivity contribution in [2.75, 3.05) is 13.7 Å². The van der Waals surface area contributed by atoms with Crippen molar-refractivity contribution in [1.82, 2.24) is 4.57 Å². The van der Waals surface area contributed by atoms with Crippen LogP contribution in [0, 0.1) is 6.92 Å². The van der Waals surface area contributed by atoms with Crippen LogP contribution in [0.2, 0.25) is 0 Å². The lowest BCUT2D eigenvalue weighted by Crippen LogP contribution is -2.26. The zero-order valence-electron chi connectivity index (χ0n) is 14.3. The van der Waals surface area contributed by atoms with Crippen LogP contribution in [0.25, 0.3) is 6.08 Å². The minimum atomic E-state index is -0.394. The van der Waals surface area contributed by atoms with Gasteiger partial charge in [0.05, 0.1) is 13.7 Å². The average molecular weight is 327 g/mol. The van der Waals surface area contributed by atoms with Crippen LogP contribution >= 0.6 is 0 Å². The molecule has 0 N–H and O–H groups in total. The first kappa shape index (κ1) is 17.5. The fraction of sp³-hybridized carbons (Fsp3) is 0.263. The zero-order chi connectivity index (χ0) is 17.7. The third-order valence-electron chi connectivity index (χ3n) is 3.70. The molecule has 0 spiro atoms. The topological polar surface area (TPSA) is 57.5 Å². The van der Waals surface area contributed by atoms with Gasteiger partial charge in [0.15, 0.2) is 5.78 Å². The number of nitrogens with zero attached hydrogens (tertiary/aromatic N) is 1. The minimum Gasteiger partial charge on any atom is -0.496 e. The monoisotopic (exact) mass is 327 g/mol. The van der Waals surface area contributed by atoms with E-state index >= 15 is 0 Å². The van der Waals surface area contributed by atoms with Gasteiger partial charge in [0.1, 0.15) is 17.1 Å². The van der Waals surface area contributed by atoms with Crippen molar-refractivity contribution in [1.29, 1.82) is 0 Å². The quantitative estimate of drug-likeness (QED) is 0.604. The molecular formula is C19H21NO4. The van der Waals surface area contributed by atoms with Crippen LogP contribution in [0.15, 0.2) is 41.2 Å². The average Bonchev–Trinajstić information content (AvgIpc) is 2.58. The number of carbonyl (C=O) groups is 1. The van der Waals surface area contributed by atoms with Crippen molar-refractivity contribution in [3.05, 3.63) is 63.6 Å². The van der Waals surface area contributed by atoms with Crippen molar-refractivity contribution in [3.63, 3.8) is 0 Å². The first-order chi connectivity index (χ1) is 11.5. The SMILES string of the molecule is CCOc1cccc(/C=C/C(=O)c2c(OC)cc(C)n(C)c2=O)c1. The largest absolute Gasteiger partial charge is 0.496 e. The Morgan fingerprint density at radius 3 is 2.71 bits per heavy atom. The molecule has 0 atom stereocenters. The maximum absolute atomic E-state index is 12.5. The van der Waals surface area contributed by atoms with Gasteiger partial charge < -0.3 is 14.0 Å². The summed E-state index contributed by atoms with van der Waals surface area (Å²) < 4.78 is 12.1. The fourth-order valence-electron chi connectivity index (χ4n) is 2.31. The maximum Gasteiger partial charge on any atom is 0.265 e. The third-order valence-corrected chi connectivity index (χ3v) is 3.70. The highest BCUT2D eigenvalue weighted by Crippen LogP contribution is 2.18. The standard InChI is InChI=1S/C19H21NO4/c1-5-24-15-8-6-7-14(12-15)9-10-16(21)18-17(23-4)11-13(2)20(3)19(18)22/h6-12H,5H2,1-4H3/b10-9+. The molecule has 24 heavy (non-hydrogen) atoms. The zero-order valence-corrected chi connectivity index (χ0v) is 14.3. The summed E-state index contributed by atoms with van der Waals surface area (Å²) in [6.07, 6.45) is 3.03. The van der Waals surface area contributed by atoms with Gasteiger partial charge in [-0.15, -0.1) is 0 Å². The van der Waals surface area contributed by atoms with Crippen molar-refractivity contribution >= 4 is 11.9 Å². The number of pyridine rings is 1. The number of ketones is 1. The smallest absolute Gasteiger partial charge is 0.265 e. The molecule has 0 aliphatic carbocycles. The highest BCUT2D eigenvalue weighted by Gasteiger charge is 2.17. The second kappa shape index (κ2) is 7.64. The molecule has 0 saturated carbocycles. The first-order valence-corrected chi connectivity index (χ1v) is 7.67. The summed E-state index contributed by atoms with van der Waals surface area (Å²) in [5, 5.41) is 0. The van der Waals surface area contributed by atoms with E-state index < -0.39 is 5.78 Å². The van der Waals surface area contributed by atoms with Gasteiger partial charge in [-0.1, -0.05) is 18.2 Å². The predicted octanol–water partition coefficient (Wildman–Crippen LogP) is 3.00. The van der Waals surface area contributed by atoms with Crippen LogP contribution in [-0.2, 0) is 7.05 Å². The van der Waals surface area contributed by atoms with Gasteiger partial charge >= 0.3 is 0 Å². The summed E-state index contributed by atoms with van der Waals surface area (Å²) >= 11 is 0. The van der Waals surface area contributed by atoms with E-state index in [1.807, 2.05) is 31.2 Å². The number of hydrogen-bond acceptors (Lipinski definition) is 4. The molecule has 0 amide bonds. The summed E-state index contributed by atoms with van der Waals surface area (Å²) in [6, 6.07) is 9.06. The van der Waals surface area contributed by atoms with Crippen LogP contribution in [0.5, 0.6) is 11.5 Å². The third kappa shape index (κ3) is 3.74. The van der Waals surface area contributed by atoms with Crippen LogP contribution in [0.4, 0.5) is 0 Å². The lowest BCUT2D eigenvalue weighted by molar-refractivity contribution is 0.104. The lowest BCUT2D eigenvalue weighted by atomic mass is 10.1. The molecule has 1 heterocycles. The number of aromatic nitrogens is 1. The van der Waals surface area contributed by atoms with E-state index in [9.17, 15) is 9.59 Å². The summed E-state index contributed by atoms with van der Waals surface area (Å²) in [5.41, 5.74) is 1.20. The Balaban J connectivity index is 2.35. The number of rotatable bonds is 6. The predicted molar refractivity (Wildman–Crippen MR) is 93.9 cm³/mol. The molecule has 5 heteroatoms. The van der Waals surface area contributed by atoms with Gasteiger partial charge in [0.2, 0.25) is 0 Å².